The molecular formula is C15H23BrO. The molecule has 0 saturated heterocycles. The second-order valence-electron chi connectivity index (χ2n) is 5.00. The molecule has 0 heterocycles. The lowest BCUT2D eigenvalue weighted by Crippen LogP contribution is -2.09. The molecule has 1 rings (SSSR count). The van der Waals surface area contributed by atoms with Crippen LogP contribution in [0.3, 0.4) is 0 Å². The van der Waals surface area contributed by atoms with Gasteiger partial charge in [0.2, 0.25) is 0 Å². The smallest absolute Gasteiger partial charge is 0.125 e. The molecule has 17 heavy (non-hydrogen) atoms. The highest BCUT2D eigenvalue weighted by Gasteiger charge is 2.12. The number of rotatable bonds is 5. The molecule has 0 aliphatic rings. The summed E-state index contributed by atoms with van der Waals surface area (Å²) in [4.78, 5) is 0.578. The maximum Gasteiger partial charge on any atom is 0.125 e. The van der Waals surface area contributed by atoms with E-state index in [0.717, 1.165) is 18.6 Å². The van der Waals surface area contributed by atoms with E-state index in [9.17, 15) is 0 Å². The third-order valence-corrected chi connectivity index (χ3v) is 4.89. The molecule has 1 aromatic carbocycles. The zero-order chi connectivity index (χ0) is 13.0. The van der Waals surface area contributed by atoms with Crippen LogP contribution in [-0.2, 0) is 6.42 Å². The van der Waals surface area contributed by atoms with Crippen molar-refractivity contribution in [3.8, 4) is 5.75 Å². The number of ether oxygens (including phenoxy) is 1. The van der Waals surface area contributed by atoms with Gasteiger partial charge in [-0.1, -0.05) is 41.9 Å². The summed E-state index contributed by atoms with van der Waals surface area (Å²) in [6.45, 7) is 8.75. The van der Waals surface area contributed by atoms with Crippen LogP contribution < -0.4 is 4.74 Å². The van der Waals surface area contributed by atoms with Gasteiger partial charge in [-0.3, -0.25) is 0 Å². The molecule has 0 saturated carbocycles. The Morgan fingerprint density at radius 3 is 2.41 bits per heavy atom. The number of hydrogen-bond donors (Lipinski definition) is 0. The van der Waals surface area contributed by atoms with Crippen LogP contribution in [0.2, 0.25) is 0 Å². The fraction of sp³-hybridized carbons (Fsp3) is 0.600. The molecule has 0 aliphatic carbocycles. The van der Waals surface area contributed by atoms with E-state index in [1.807, 2.05) is 0 Å². The highest BCUT2D eigenvalue weighted by Crippen LogP contribution is 2.28. The zero-order valence-corrected chi connectivity index (χ0v) is 13.1. The predicted octanol–water partition coefficient (Wildman–Crippen LogP) is 4.66. The van der Waals surface area contributed by atoms with Gasteiger partial charge in [-0.15, -0.1) is 0 Å². The normalized spacial score (nSPS) is 12.9. The van der Waals surface area contributed by atoms with E-state index in [2.05, 4.69) is 55.8 Å². The van der Waals surface area contributed by atoms with Crippen LogP contribution in [0.1, 0.15) is 37.0 Å². The Morgan fingerprint density at radius 2 is 1.88 bits per heavy atom. The van der Waals surface area contributed by atoms with Gasteiger partial charge in [0.1, 0.15) is 5.75 Å². The lowest BCUT2D eigenvalue weighted by atomic mass is 9.98. The lowest BCUT2D eigenvalue weighted by molar-refractivity contribution is 0.405. The first kappa shape index (κ1) is 14.6. The number of methoxy groups -OCH3 is 1. The quantitative estimate of drug-likeness (QED) is 0.718. The maximum absolute atomic E-state index is 5.53. The van der Waals surface area contributed by atoms with Gasteiger partial charge in [-0.2, -0.15) is 0 Å². The van der Waals surface area contributed by atoms with Crippen molar-refractivity contribution in [1.29, 1.82) is 0 Å². The van der Waals surface area contributed by atoms with Crippen molar-refractivity contribution >= 4 is 15.9 Å². The second-order valence-corrected chi connectivity index (χ2v) is 6.17. The molecule has 0 bridgehead atoms. The van der Waals surface area contributed by atoms with Gasteiger partial charge in [0.25, 0.3) is 0 Å². The minimum atomic E-state index is 0.578. The molecule has 0 N–H and O–H groups in total. The number of aryl methyl sites for hydroxylation is 2. The van der Waals surface area contributed by atoms with E-state index in [4.69, 9.17) is 4.74 Å². The minimum Gasteiger partial charge on any atom is -0.496 e. The predicted molar refractivity (Wildman–Crippen MR) is 78.3 cm³/mol. The third-order valence-electron chi connectivity index (χ3n) is 3.38. The van der Waals surface area contributed by atoms with Crippen LogP contribution in [0.5, 0.6) is 5.75 Å². The van der Waals surface area contributed by atoms with Crippen LogP contribution in [0.4, 0.5) is 0 Å². The van der Waals surface area contributed by atoms with Crippen molar-refractivity contribution in [1.82, 2.24) is 0 Å². The van der Waals surface area contributed by atoms with Crippen LogP contribution in [0.15, 0.2) is 12.1 Å². The maximum atomic E-state index is 5.53. The molecule has 0 aliphatic heterocycles. The fourth-order valence-corrected chi connectivity index (χ4v) is 2.18. The van der Waals surface area contributed by atoms with Crippen LogP contribution in [-0.4, -0.2) is 11.9 Å². The number of halogens is 1. The summed E-state index contributed by atoms with van der Waals surface area (Å²) < 4.78 is 5.53. The lowest BCUT2D eigenvalue weighted by Gasteiger charge is -2.16. The summed E-state index contributed by atoms with van der Waals surface area (Å²) in [6, 6.07) is 4.38. The van der Waals surface area contributed by atoms with Crippen molar-refractivity contribution in [2.24, 2.45) is 5.92 Å². The van der Waals surface area contributed by atoms with Gasteiger partial charge in [0.15, 0.2) is 0 Å². The molecule has 0 radical (unpaired) electrons. The number of benzene rings is 1. The molecule has 1 atom stereocenters. The first-order valence-electron chi connectivity index (χ1n) is 6.24. The molecule has 1 unspecified atom stereocenters. The fourth-order valence-electron chi connectivity index (χ4n) is 1.95. The summed E-state index contributed by atoms with van der Waals surface area (Å²) in [5.41, 5.74) is 3.88. The molecule has 0 spiro atoms. The van der Waals surface area contributed by atoms with Crippen molar-refractivity contribution in [2.75, 3.05) is 7.11 Å². The monoisotopic (exact) mass is 298 g/mol. The summed E-state index contributed by atoms with van der Waals surface area (Å²) in [7, 11) is 1.76. The van der Waals surface area contributed by atoms with Crippen molar-refractivity contribution < 1.29 is 4.74 Å². The van der Waals surface area contributed by atoms with E-state index in [1.165, 1.54) is 16.7 Å². The molecule has 1 nitrogen and oxygen atoms in total. The molecule has 2 heteroatoms. The summed E-state index contributed by atoms with van der Waals surface area (Å²) in [6.07, 6.45) is 2.22. The van der Waals surface area contributed by atoms with Gasteiger partial charge in [-0.25, -0.2) is 0 Å². The Balaban J connectivity index is 2.81. The van der Waals surface area contributed by atoms with Gasteiger partial charge >= 0.3 is 0 Å². The first-order valence-corrected chi connectivity index (χ1v) is 7.16. The Bertz CT molecular complexity index is 371. The standard InChI is InChI=1S/C15H23BrO/c1-10(2)14(16)9-8-13-7-6-11(3)12(4)15(13)17-5/h6-7,10,14H,8-9H2,1-5H3. The van der Waals surface area contributed by atoms with E-state index < -0.39 is 0 Å². The highest BCUT2D eigenvalue weighted by atomic mass is 79.9. The second kappa shape index (κ2) is 6.44. The van der Waals surface area contributed by atoms with Crippen molar-refractivity contribution in [3.63, 3.8) is 0 Å². The molecule has 96 valence electrons. The zero-order valence-electron chi connectivity index (χ0n) is 11.5. The summed E-state index contributed by atoms with van der Waals surface area (Å²) >= 11 is 3.74. The molecule has 0 aromatic heterocycles. The SMILES string of the molecule is COc1c(CCC(Br)C(C)C)ccc(C)c1C. The largest absolute Gasteiger partial charge is 0.496 e. The van der Waals surface area contributed by atoms with Crippen LogP contribution >= 0.6 is 15.9 Å². The molecule has 0 fully saturated rings. The van der Waals surface area contributed by atoms with Gasteiger partial charge in [-0.05, 0) is 49.3 Å². The number of hydrogen-bond acceptors (Lipinski definition) is 1. The van der Waals surface area contributed by atoms with Crippen molar-refractivity contribution in [3.05, 3.63) is 28.8 Å². The summed E-state index contributed by atoms with van der Waals surface area (Å²) in [5.74, 6) is 1.74. The Labute approximate surface area is 114 Å². The molecule has 0 amide bonds. The highest BCUT2D eigenvalue weighted by molar-refractivity contribution is 9.09. The number of alkyl halides is 1. The van der Waals surface area contributed by atoms with E-state index in [0.29, 0.717) is 10.7 Å². The minimum absolute atomic E-state index is 0.578. The van der Waals surface area contributed by atoms with E-state index in [1.54, 1.807) is 7.11 Å². The van der Waals surface area contributed by atoms with E-state index >= 15 is 0 Å². The average Bonchev–Trinajstić information content (AvgIpc) is 2.30. The summed E-state index contributed by atoms with van der Waals surface area (Å²) in [5, 5.41) is 0. The van der Waals surface area contributed by atoms with Crippen LogP contribution in [0, 0.1) is 19.8 Å². The third kappa shape index (κ3) is 3.74. The van der Waals surface area contributed by atoms with E-state index in [-0.39, 0.29) is 0 Å². The Kier molecular flexibility index (Phi) is 5.51. The van der Waals surface area contributed by atoms with Crippen LogP contribution in [0.25, 0.3) is 0 Å². The molecule has 1 aromatic rings. The topological polar surface area (TPSA) is 9.23 Å². The van der Waals surface area contributed by atoms with Crippen molar-refractivity contribution in [2.45, 2.75) is 45.4 Å². The van der Waals surface area contributed by atoms with Gasteiger partial charge in [0, 0.05) is 4.83 Å². The molecular weight excluding hydrogens is 276 g/mol. The van der Waals surface area contributed by atoms with Gasteiger partial charge < -0.3 is 4.74 Å². The Morgan fingerprint density at radius 1 is 1.24 bits per heavy atom. The Hall–Kier alpha value is -0.500. The average molecular weight is 299 g/mol. The first-order chi connectivity index (χ1) is 7.97. The van der Waals surface area contributed by atoms with Gasteiger partial charge in [0.05, 0.1) is 7.11 Å².